The van der Waals surface area contributed by atoms with Gasteiger partial charge in [-0.2, -0.15) is 0 Å². The first-order chi connectivity index (χ1) is 12.1. The zero-order valence-electron chi connectivity index (χ0n) is 14.3. The number of hydrogen-bond acceptors (Lipinski definition) is 4. The Morgan fingerprint density at radius 3 is 2.96 bits per heavy atom. The Balaban J connectivity index is 1.62. The molecule has 2 aromatic rings. The van der Waals surface area contributed by atoms with E-state index in [4.69, 9.17) is 9.15 Å². The number of nitrogens with one attached hydrogen (secondary N) is 2. The Labute approximate surface area is 147 Å². The summed E-state index contributed by atoms with van der Waals surface area (Å²) in [4.78, 5) is 12.3. The highest BCUT2D eigenvalue weighted by Gasteiger charge is 2.34. The SMILES string of the molecule is COCC(NC(=O)NCC1(O)CCCc2ccccc21)c1ccco1. The van der Waals surface area contributed by atoms with Crippen LogP contribution in [0.1, 0.15) is 35.8 Å². The van der Waals surface area contributed by atoms with E-state index in [9.17, 15) is 9.90 Å². The molecule has 1 aliphatic rings. The van der Waals surface area contributed by atoms with Gasteiger partial charge in [0.1, 0.15) is 17.4 Å². The average Bonchev–Trinajstić information content (AvgIpc) is 3.15. The zero-order chi connectivity index (χ0) is 17.7. The van der Waals surface area contributed by atoms with Gasteiger partial charge in [0.05, 0.1) is 19.4 Å². The van der Waals surface area contributed by atoms with Gasteiger partial charge < -0.3 is 24.9 Å². The third-order valence-corrected chi connectivity index (χ3v) is 4.62. The number of fused-ring (bicyclic) bond motifs is 1. The standard InChI is InChI=1S/C19H24N2O4/c1-24-12-16(17-9-5-11-25-17)21-18(22)20-13-19(23)10-4-7-14-6-2-3-8-15(14)19/h2-3,5-6,8-9,11,16,23H,4,7,10,12-13H2,1H3,(H2,20,21,22). The fourth-order valence-electron chi connectivity index (χ4n) is 3.37. The third-order valence-electron chi connectivity index (χ3n) is 4.62. The van der Waals surface area contributed by atoms with Crippen molar-refractivity contribution in [2.75, 3.05) is 20.3 Å². The summed E-state index contributed by atoms with van der Waals surface area (Å²) in [5.41, 5.74) is 1.01. The number of rotatable bonds is 6. The number of aryl methyl sites for hydroxylation is 1. The summed E-state index contributed by atoms with van der Waals surface area (Å²) in [5.74, 6) is 0.624. The second-order valence-electron chi connectivity index (χ2n) is 6.39. The van der Waals surface area contributed by atoms with E-state index in [0.29, 0.717) is 18.8 Å². The van der Waals surface area contributed by atoms with Crippen molar-refractivity contribution in [1.82, 2.24) is 10.6 Å². The van der Waals surface area contributed by atoms with Crippen LogP contribution in [-0.4, -0.2) is 31.4 Å². The monoisotopic (exact) mass is 344 g/mol. The van der Waals surface area contributed by atoms with Gasteiger partial charge in [0.15, 0.2) is 0 Å². The number of benzene rings is 1. The molecule has 2 unspecified atom stereocenters. The van der Waals surface area contributed by atoms with Crippen molar-refractivity contribution >= 4 is 6.03 Å². The van der Waals surface area contributed by atoms with Crippen molar-refractivity contribution < 1.29 is 19.1 Å². The number of amides is 2. The molecule has 0 fully saturated rings. The van der Waals surface area contributed by atoms with Gasteiger partial charge in [-0.25, -0.2) is 4.79 Å². The highest BCUT2D eigenvalue weighted by atomic mass is 16.5. The Morgan fingerprint density at radius 1 is 1.36 bits per heavy atom. The van der Waals surface area contributed by atoms with Crippen LogP contribution < -0.4 is 10.6 Å². The lowest BCUT2D eigenvalue weighted by atomic mass is 9.79. The van der Waals surface area contributed by atoms with Gasteiger partial charge in [-0.05, 0) is 42.5 Å². The number of ether oxygens (including phenoxy) is 1. The number of furan rings is 1. The number of carbonyl (C=O) groups is 1. The van der Waals surface area contributed by atoms with Gasteiger partial charge in [-0.15, -0.1) is 0 Å². The number of carbonyl (C=O) groups excluding carboxylic acids is 1. The molecule has 25 heavy (non-hydrogen) atoms. The van der Waals surface area contributed by atoms with Gasteiger partial charge in [0, 0.05) is 7.11 Å². The fourth-order valence-corrected chi connectivity index (χ4v) is 3.37. The molecule has 3 N–H and O–H groups in total. The summed E-state index contributed by atoms with van der Waals surface area (Å²) in [5, 5.41) is 16.6. The molecule has 1 aromatic carbocycles. The van der Waals surface area contributed by atoms with E-state index in [1.165, 1.54) is 0 Å². The Hall–Kier alpha value is -2.31. The zero-order valence-corrected chi connectivity index (χ0v) is 14.3. The highest BCUT2D eigenvalue weighted by molar-refractivity contribution is 5.74. The quantitative estimate of drug-likeness (QED) is 0.752. The van der Waals surface area contributed by atoms with E-state index in [-0.39, 0.29) is 18.6 Å². The summed E-state index contributed by atoms with van der Waals surface area (Å²) in [7, 11) is 1.57. The minimum Gasteiger partial charge on any atom is -0.467 e. The molecule has 1 heterocycles. The lowest BCUT2D eigenvalue weighted by molar-refractivity contribution is 0.0214. The maximum Gasteiger partial charge on any atom is 0.315 e. The molecule has 0 bridgehead atoms. The van der Waals surface area contributed by atoms with Gasteiger partial charge >= 0.3 is 6.03 Å². The van der Waals surface area contributed by atoms with Crippen LogP contribution >= 0.6 is 0 Å². The van der Waals surface area contributed by atoms with Crippen LogP contribution in [0.4, 0.5) is 4.79 Å². The number of methoxy groups -OCH3 is 1. The first-order valence-electron chi connectivity index (χ1n) is 8.50. The number of urea groups is 1. The molecule has 2 atom stereocenters. The fraction of sp³-hybridized carbons (Fsp3) is 0.421. The van der Waals surface area contributed by atoms with Crippen LogP contribution in [-0.2, 0) is 16.8 Å². The Morgan fingerprint density at radius 2 is 2.20 bits per heavy atom. The first kappa shape index (κ1) is 17.5. The molecule has 3 rings (SSSR count). The molecule has 1 aliphatic carbocycles. The summed E-state index contributed by atoms with van der Waals surface area (Å²) >= 11 is 0. The van der Waals surface area contributed by atoms with E-state index in [1.54, 1.807) is 25.5 Å². The normalized spacial score (nSPS) is 20.6. The van der Waals surface area contributed by atoms with Crippen molar-refractivity contribution in [1.29, 1.82) is 0 Å². The van der Waals surface area contributed by atoms with Gasteiger partial charge in [-0.3, -0.25) is 0 Å². The molecule has 2 amide bonds. The average molecular weight is 344 g/mol. The van der Waals surface area contributed by atoms with Gasteiger partial charge in [0.25, 0.3) is 0 Å². The summed E-state index contributed by atoms with van der Waals surface area (Å²) in [6.07, 6.45) is 4.04. The maximum absolute atomic E-state index is 12.3. The maximum atomic E-state index is 12.3. The number of aliphatic hydroxyl groups is 1. The Kier molecular flexibility index (Phi) is 5.40. The van der Waals surface area contributed by atoms with Crippen LogP contribution in [0, 0.1) is 0 Å². The minimum absolute atomic E-state index is 0.160. The topological polar surface area (TPSA) is 83.7 Å². The van der Waals surface area contributed by atoms with E-state index in [1.807, 2.05) is 24.3 Å². The number of hydrogen-bond donors (Lipinski definition) is 3. The smallest absolute Gasteiger partial charge is 0.315 e. The Bertz CT molecular complexity index is 701. The van der Waals surface area contributed by atoms with Crippen molar-refractivity contribution in [2.45, 2.75) is 30.9 Å². The van der Waals surface area contributed by atoms with Gasteiger partial charge in [0.2, 0.25) is 0 Å². The lowest BCUT2D eigenvalue weighted by Gasteiger charge is -2.34. The molecule has 6 nitrogen and oxygen atoms in total. The van der Waals surface area contributed by atoms with Crippen LogP contribution in [0.25, 0.3) is 0 Å². The van der Waals surface area contributed by atoms with Gasteiger partial charge in [-0.1, -0.05) is 24.3 Å². The lowest BCUT2D eigenvalue weighted by Crippen LogP contribution is -2.47. The molecule has 0 aliphatic heterocycles. The van der Waals surface area contributed by atoms with E-state index < -0.39 is 5.60 Å². The van der Waals surface area contributed by atoms with Crippen LogP contribution in [0.5, 0.6) is 0 Å². The van der Waals surface area contributed by atoms with Crippen molar-refractivity contribution in [3.8, 4) is 0 Å². The molecule has 0 spiro atoms. The van der Waals surface area contributed by atoms with Crippen LogP contribution in [0.2, 0.25) is 0 Å². The van der Waals surface area contributed by atoms with Crippen molar-refractivity contribution in [3.05, 3.63) is 59.5 Å². The van der Waals surface area contributed by atoms with Crippen LogP contribution in [0.3, 0.4) is 0 Å². The predicted molar refractivity (Wildman–Crippen MR) is 93.1 cm³/mol. The van der Waals surface area contributed by atoms with E-state index in [0.717, 1.165) is 24.0 Å². The largest absolute Gasteiger partial charge is 0.467 e. The summed E-state index contributed by atoms with van der Waals surface area (Å²) in [6, 6.07) is 10.7. The molecule has 0 saturated heterocycles. The summed E-state index contributed by atoms with van der Waals surface area (Å²) < 4.78 is 10.5. The molecule has 134 valence electrons. The third kappa shape index (κ3) is 4.03. The summed E-state index contributed by atoms with van der Waals surface area (Å²) in [6.45, 7) is 0.460. The molecular formula is C19H24N2O4. The molecule has 0 radical (unpaired) electrons. The van der Waals surface area contributed by atoms with Crippen molar-refractivity contribution in [2.24, 2.45) is 0 Å². The van der Waals surface area contributed by atoms with Crippen LogP contribution in [0.15, 0.2) is 47.1 Å². The molecular weight excluding hydrogens is 320 g/mol. The highest BCUT2D eigenvalue weighted by Crippen LogP contribution is 2.34. The first-order valence-corrected chi connectivity index (χ1v) is 8.50. The van der Waals surface area contributed by atoms with E-state index in [2.05, 4.69) is 10.6 Å². The minimum atomic E-state index is -1.03. The molecule has 6 heteroatoms. The molecule has 0 saturated carbocycles. The second-order valence-corrected chi connectivity index (χ2v) is 6.39. The van der Waals surface area contributed by atoms with Crippen molar-refractivity contribution in [3.63, 3.8) is 0 Å². The predicted octanol–water partition coefficient (Wildman–Crippen LogP) is 2.49. The molecule has 1 aromatic heterocycles. The second kappa shape index (κ2) is 7.72. The van der Waals surface area contributed by atoms with E-state index >= 15 is 0 Å².